The van der Waals surface area contributed by atoms with Crippen molar-refractivity contribution in [2.24, 2.45) is 0 Å². The summed E-state index contributed by atoms with van der Waals surface area (Å²) in [6.07, 6.45) is 1.64. The number of rotatable bonds is 4. The second kappa shape index (κ2) is 4.78. The number of hydrogen-bond donors (Lipinski definition) is 1. The van der Waals surface area contributed by atoms with Crippen molar-refractivity contribution in [2.75, 3.05) is 24.3 Å². The molecule has 0 spiro atoms. The lowest BCUT2D eigenvalue weighted by Gasteiger charge is -2.22. The highest BCUT2D eigenvalue weighted by atomic mass is 35.5. The molecule has 0 saturated carbocycles. The molecule has 2 aromatic rings. The van der Waals surface area contributed by atoms with Gasteiger partial charge in [0.25, 0.3) is 10.9 Å². The highest BCUT2D eigenvalue weighted by Crippen LogP contribution is 2.20. The van der Waals surface area contributed by atoms with Crippen LogP contribution in [0.15, 0.2) is 27.9 Å². The number of halogens is 1. The quantitative estimate of drug-likeness (QED) is 0.660. The number of aromatic nitrogens is 1. The second-order valence-electron chi connectivity index (χ2n) is 3.98. The van der Waals surface area contributed by atoms with Crippen molar-refractivity contribution in [3.63, 3.8) is 0 Å². The van der Waals surface area contributed by atoms with Gasteiger partial charge in [-0.25, -0.2) is 4.98 Å². The van der Waals surface area contributed by atoms with Crippen LogP contribution >= 0.6 is 11.6 Å². The molecule has 0 radical (unpaired) electrons. The maximum atomic E-state index is 11.5. The molecule has 0 aliphatic carbocycles. The summed E-state index contributed by atoms with van der Waals surface area (Å²) in [5, 5.41) is 3.16. The second-order valence-corrected chi connectivity index (χ2v) is 4.36. The van der Waals surface area contributed by atoms with Gasteiger partial charge < -0.3 is 10.2 Å². The third kappa shape index (κ3) is 2.09. The molecule has 0 unspecified atom stereocenters. The number of nitrogens with zero attached hydrogens (tertiary/aromatic N) is 2. The molecule has 0 bridgehead atoms. The minimum atomic E-state index is -0.464. The Hall–Kier alpha value is -1.88. The van der Waals surface area contributed by atoms with Crippen molar-refractivity contribution in [3.05, 3.63) is 49.5 Å². The molecule has 0 amide bonds. The Morgan fingerprint density at radius 3 is 2.61 bits per heavy atom. The number of pyridine rings is 1. The molecule has 0 saturated heterocycles. The van der Waals surface area contributed by atoms with Gasteiger partial charge in [0, 0.05) is 26.8 Å². The van der Waals surface area contributed by atoms with Crippen LogP contribution in [0.4, 0.5) is 11.4 Å². The van der Waals surface area contributed by atoms with Crippen molar-refractivity contribution in [1.82, 2.24) is 4.98 Å². The predicted octanol–water partition coefficient (Wildman–Crippen LogP) is 1.01. The summed E-state index contributed by atoms with van der Waals surface area (Å²) in [5.41, 5.74) is 0.774. The summed E-state index contributed by atoms with van der Waals surface area (Å²) in [4.78, 5) is 28.5. The largest absolute Gasteiger partial charge is 0.383 e. The normalized spacial score (nSPS) is 10.6. The average molecular weight is 266 g/mol. The van der Waals surface area contributed by atoms with E-state index in [2.05, 4.69) is 10.3 Å². The maximum Gasteiger partial charge on any atom is 0.253 e. The van der Waals surface area contributed by atoms with E-state index in [-0.39, 0.29) is 0 Å². The summed E-state index contributed by atoms with van der Waals surface area (Å²) in [5.74, 6) is 0. The van der Waals surface area contributed by atoms with E-state index in [1.54, 1.807) is 31.3 Å². The van der Waals surface area contributed by atoms with Gasteiger partial charge in [-0.15, -0.1) is 0 Å². The zero-order valence-electron chi connectivity index (χ0n) is 10.0. The highest BCUT2D eigenvalue weighted by molar-refractivity contribution is 6.29. The number of hydrogen-bond acceptors (Lipinski definition) is 5. The van der Waals surface area contributed by atoms with E-state index in [4.69, 9.17) is 11.6 Å². The lowest BCUT2D eigenvalue weighted by atomic mass is 10.1. The smallest absolute Gasteiger partial charge is 0.253 e. The first kappa shape index (κ1) is 12.6. The third-order valence-electron chi connectivity index (χ3n) is 2.73. The Morgan fingerprint density at radius 2 is 2.06 bits per heavy atom. The molecule has 1 aromatic carbocycles. The molecule has 0 fully saturated rings. The van der Waals surface area contributed by atoms with Crippen LogP contribution in [0.1, 0.15) is 5.56 Å². The van der Waals surface area contributed by atoms with Gasteiger partial charge in [0.2, 0.25) is 0 Å². The van der Waals surface area contributed by atoms with E-state index in [0.29, 0.717) is 23.1 Å². The van der Waals surface area contributed by atoms with Crippen LogP contribution in [0.25, 0.3) is 0 Å². The van der Waals surface area contributed by atoms with Crippen LogP contribution in [-0.4, -0.2) is 19.1 Å². The highest BCUT2D eigenvalue weighted by Gasteiger charge is 2.22. The summed E-state index contributed by atoms with van der Waals surface area (Å²) in [7, 11) is 3.38. The third-order valence-corrected chi connectivity index (χ3v) is 2.95. The van der Waals surface area contributed by atoms with E-state index in [9.17, 15) is 9.59 Å². The molecule has 94 valence electrons. The Balaban J connectivity index is 2.20. The first-order valence-electron chi connectivity index (χ1n) is 5.37. The fraction of sp³-hybridized carbons (Fsp3) is 0.250. The molecule has 0 aliphatic heterocycles. The van der Waals surface area contributed by atoms with Crippen molar-refractivity contribution in [1.29, 1.82) is 0 Å². The maximum absolute atomic E-state index is 11.5. The molecule has 0 atom stereocenters. The number of anilines is 2. The first-order valence-corrected chi connectivity index (χ1v) is 5.75. The van der Waals surface area contributed by atoms with Crippen molar-refractivity contribution in [3.8, 4) is 0 Å². The minimum absolute atomic E-state index is 0.365. The lowest BCUT2D eigenvalue weighted by Crippen LogP contribution is -2.40. The van der Waals surface area contributed by atoms with Gasteiger partial charge >= 0.3 is 0 Å². The standard InChI is InChI=1S/C12H12ClN3O2/c1-14-9-10(12(18)11(9)17)16(2)6-7-3-4-8(13)15-5-7/h3-5,14H,6H2,1-2H3. The Labute approximate surface area is 109 Å². The van der Waals surface area contributed by atoms with Crippen molar-refractivity contribution < 1.29 is 0 Å². The van der Waals surface area contributed by atoms with Crippen LogP contribution in [0.5, 0.6) is 0 Å². The zero-order valence-corrected chi connectivity index (χ0v) is 10.8. The average Bonchev–Trinajstić information content (AvgIpc) is 2.37. The van der Waals surface area contributed by atoms with Crippen LogP contribution in [0, 0.1) is 0 Å². The Bertz CT molecular complexity index is 630. The molecule has 6 heteroatoms. The van der Waals surface area contributed by atoms with E-state index < -0.39 is 10.9 Å². The van der Waals surface area contributed by atoms with Crippen molar-refractivity contribution in [2.45, 2.75) is 6.54 Å². The molecule has 18 heavy (non-hydrogen) atoms. The number of nitrogens with one attached hydrogen (secondary N) is 1. The molecular formula is C12H12ClN3O2. The molecule has 5 nitrogen and oxygen atoms in total. The molecule has 1 aromatic heterocycles. The summed E-state index contributed by atoms with van der Waals surface area (Å²) >= 11 is 5.69. The lowest BCUT2D eigenvalue weighted by molar-refractivity contribution is 0.903. The van der Waals surface area contributed by atoms with E-state index in [1.807, 2.05) is 6.07 Å². The SMILES string of the molecule is CNc1c(N(C)Cc2ccc(Cl)nc2)c(=O)c1=O. The molecule has 2 rings (SSSR count). The van der Waals surface area contributed by atoms with Gasteiger partial charge in [0.05, 0.1) is 0 Å². The monoisotopic (exact) mass is 265 g/mol. The van der Waals surface area contributed by atoms with Gasteiger partial charge in [-0.3, -0.25) is 9.59 Å². The van der Waals surface area contributed by atoms with E-state index in [1.165, 1.54) is 0 Å². The summed E-state index contributed by atoms with van der Waals surface area (Å²) in [6.45, 7) is 0.490. The molecule has 1 heterocycles. The Kier molecular flexibility index (Phi) is 3.34. The van der Waals surface area contributed by atoms with Gasteiger partial charge in [0.15, 0.2) is 0 Å². The fourth-order valence-electron chi connectivity index (χ4n) is 1.83. The van der Waals surface area contributed by atoms with Gasteiger partial charge in [-0.1, -0.05) is 17.7 Å². The van der Waals surface area contributed by atoms with Crippen LogP contribution < -0.4 is 21.1 Å². The van der Waals surface area contributed by atoms with Gasteiger partial charge in [-0.05, 0) is 11.6 Å². The minimum Gasteiger partial charge on any atom is -0.383 e. The van der Waals surface area contributed by atoms with Crippen LogP contribution in [-0.2, 0) is 6.54 Å². The summed E-state index contributed by atoms with van der Waals surface area (Å²) in [6, 6.07) is 3.52. The van der Waals surface area contributed by atoms with Crippen LogP contribution in [0.2, 0.25) is 5.15 Å². The first-order chi connectivity index (χ1) is 8.54. The van der Waals surface area contributed by atoms with E-state index in [0.717, 1.165) is 5.56 Å². The predicted molar refractivity (Wildman–Crippen MR) is 72.3 cm³/mol. The van der Waals surface area contributed by atoms with Gasteiger partial charge in [-0.2, -0.15) is 0 Å². The Morgan fingerprint density at radius 1 is 1.33 bits per heavy atom. The molecule has 1 N–H and O–H groups in total. The van der Waals surface area contributed by atoms with Crippen molar-refractivity contribution >= 4 is 23.0 Å². The topological polar surface area (TPSA) is 62.3 Å². The fourth-order valence-corrected chi connectivity index (χ4v) is 1.94. The van der Waals surface area contributed by atoms with Gasteiger partial charge in [0.1, 0.15) is 16.5 Å². The van der Waals surface area contributed by atoms with E-state index >= 15 is 0 Å². The summed E-state index contributed by atoms with van der Waals surface area (Å²) < 4.78 is 0. The zero-order chi connectivity index (χ0) is 13.3. The molecule has 0 aliphatic rings. The molecular weight excluding hydrogens is 254 g/mol. The van der Waals surface area contributed by atoms with Crippen LogP contribution in [0.3, 0.4) is 0 Å².